The fourth-order valence-corrected chi connectivity index (χ4v) is 3.59. The lowest BCUT2D eigenvalue weighted by atomic mass is 10.0. The van der Waals surface area contributed by atoms with E-state index < -0.39 is 6.10 Å². The molecule has 2 aromatic rings. The lowest BCUT2D eigenvalue weighted by Gasteiger charge is -2.32. The van der Waals surface area contributed by atoms with Gasteiger partial charge in [-0.1, -0.05) is 35.9 Å². The van der Waals surface area contributed by atoms with Crippen molar-refractivity contribution in [2.24, 2.45) is 0 Å². The summed E-state index contributed by atoms with van der Waals surface area (Å²) in [6.07, 6.45) is 4.25. The summed E-state index contributed by atoms with van der Waals surface area (Å²) in [6, 6.07) is 11.3. The van der Waals surface area contributed by atoms with E-state index >= 15 is 0 Å². The predicted molar refractivity (Wildman–Crippen MR) is 111 cm³/mol. The van der Waals surface area contributed by atoms with Crippen LogP contribution in [0.15, 0.2) is 54.2 Å². The summed E-state index contributed by atoms with van der Waals surface area (Å²) < 4.78 is 7.26. The Hall–Kier alpha value is -2.93. The van der Waals surface area contributed by atoms with Crippen molar-refractivity contribution in [2.45, 2.75) is 38.8 Å². The second-order valence-electron chi connectivity index (χ2n) is 7.45. The van der Waals surface area contributed by atoms with Gasteiger partial charge < -0.3 is 15.0 Å². The van der Waals surface area contributed by atoms with Gasteiger partial charge in [0.15, 0.2) is 6.10 Å². The number of hydrogen-bond acceptors (Lipinski definition) is 4. The van der Waals surface area contributed by atoms with Crippen molar-refractivity contribution < 1.29 is 14.3 Å². The van der Waals surface area contributed by atoms with Crippen LogP contribution in [0.25, 0.3) is 0 Å². The molecule has 0 unspecified atom stereocenters. The monoisotopic (exact) mass is 396 g/mol. The molecule has 1 aromatic carbocycles. The van der Waals surface area contributed by atoms with Crippen molar-refractivity contribution in [3.63, 3.8) is 0 Å². The molecule has 154 valence electrons. The molecule has 0 radical (unpaired) electrons. The standard InChI is InChI=1S/C22H28N4O3/c1-16(2)15-20(27)25-13-10-18(11-14-25)26-19(9-12-23-26)24-22(28)21(29-3)17-7-5-4-6-8-17/h4-9,12,15,18,21H,10-11,13-14H2,1-3H3,(H,24,28)/t21-/m0/s1. The minimum Gasteiger partial charge on any atom is -0.367 e. The fourth-order valence-electron chi connectivity index (χ4n) is 3.59. The van der Waals surface area contributed by atoms with Crippen LogP contribution in [-0.2, 0) is 14.3 Å². The van der Waals surface area contributed by atoms with Crippen LogP contribution in [0.2, 0.25) is 0 Å². The second-order valence-corrected chi connectivity index (χ2v) is 7.45. The highest BCUT2D eigenvalue weighted by atomic mass is 16.5. The number of methoxy groups -OCH3 is 1. The molecule has 1 saturated heterocycles. The Morgan fingerprint density at radius 3 is 2.48 bits per heavy atom. The number of nitrogens with zero attached hydrogens (tertiary/aromatic N) is 3. The van der Waals surface area contributed by atoms with Crippen LogP contribution in [0.1, 0.15) is 44.4 Å². The third-order valence-electron chi connectivity index (χ3n) is 5.03. The molecule has 0 bridgehead atoms. The number of anilines is 1. The number of amides is 2. The van der Waals surface area contributed by atoms with Crippen LogP contribution in [0.3, 0.4) is 0 Å². The van der Waals surface area contributed by atoms with Crippen molar-refractivity contribution in [3.8, 4) is 0 Å². The van der Waals surface area contributed by atoms with Gasteiger partial charge in [-0.2, -0.15) is 5.10 Å². The van der Waals surface area contributed by atoms with Gasteiger partial charge in [0, 0.05) is 32.3 Å². The van der Waals surface area contributed by atoms with Crippen LogP contribution >= 0.6 is 0 Å². The molecule has 1 aromatic heterocycles. The molecule has 7 heteroatoms. The van der Waals surface area contributed by atoms with Crippen LogP contribution in [0.5, 0.6) is 0 Å². The Morgan fingerprint density at radius 1 is 1.17 bits per heavy atom. The zero-order valence-corrected chi connectivity index (χ0v) is 17.2. The predicted octanol–water partition coefficient (Wildman–Crippen LogP) is 3.34. The number of carbonyl (C=O) groups excluding carboxylic acids is 2. The summed E-state index contributed by atoms with van der Waals surface area (Å²) in [5.74, 6) is 0.460. The minimum absolute atomic E-state index is 0.0586. The molecular weight excluding hydrogens is 368 g/mol. The molecule has 7 nitrogen and oxygen atoms in total. The normalized spacial score (nSPS) is 15.6. The molecular formula is C22H28N4O3. The number of piperidine rings is 1. The highest BCUT2D eigenvalue weighted by Gasteiger charge is 2.26. The highest BCUT2D eigenvalue weighted by Crippen LogP contribution is 2.27. The van der Waals surface area contributed by atoms with Gasteiger partial charge in [-0.15, -0.1) is 0 Å². The van der Waals surface area contributed by atoms with E-state index in [4.69, 9.17) is 4.74 Å². The molecule has 0 spiro atoms. The maximum absolute atomic E-state index is 12.8. The van der Waals surface area contributed by atoms with Crippen LogP contribution < -0.4 is 5.32 Å². The van der Waals surface area contributed by atoms with E-state index in [1.165, 1.54) is 7.11 Å². The third kappa shape index (κ3) is 5.12. The van der Waals surface area contributed by atoms with Gasteiger partial charge in [0.05, 0.1) is 12.2 Å². The molecule has 1 aliphatic rings. The smallest absolute Gasteiger partial charge is 0.259 e. The first-order valence-electron chi connectivity index (χ1n) is 9.85. The van der Waals surface area contributed by atoms with Gasteiger partial charge in [-0.3, -0.25) is 9.59 Å². The van der Waals surface area contributed by atoms with Gasteiger partial charge >= 0.3 is 0 Å². The number of carbonyl (C=O) groups is 2. The number of hydrogen-bond donors (Lipinski definition) is 1. The highest BCUT2D eigenvalue weighted by molar-refractivity contribution is 5.94. The molecule has 2 heterocycles. The maximum Gasteiger partial charge on any atom is 0.259 e. The molecule has 1 atom stereocenters. The van der Waals surface area contributed by atoms with E-state index in [0.29, 0.717) is 18.9 Å². The van der Waals surface area contributed by atoms with Crippen molar-refractivity contribution >= 4 is 17.6 Å². The van der Waals surface area contributed by atoms with E-state index in [0.717, 1.165) is 24.0 Å². The minimum atomic E-state index is -0.692. The van der Waals surface area contributed by atoms with Crippen molar-refractivity contribution in [2.75, 3.05) is 25.5 Å². The first-order chi connectivity index (χ1) is 14.0. The van der Waals surface area contributed by atoms with Gasteiger partial charge in [0.2, 0.25) is 5.91 Å². The quantitative estimate of drug-likeness (QED) is 0.760. The van der Waals surface area contributed by atoms with Gasteiger partial charge in [0.25, 0.3) is 5.91 Å². The summed E-state index contributed by atoms with van der Waals surface area (Å²) >= 11 is 0. The number of nitrogens with one attached hydrogen (secondary N) is 1. The first-order valence-corrected chi connectivity index (χ1v) is 9.85. The number of rotatable bonds is 6. The van der Waals surface area contributed by atoms with Crippen LogP contribution in [0.4, 0.5) is 5.82 Å². The van der Waals surface area contributed by atoms with E-state index in [9.17, 15) is 9.59 Å². The average Bonchev–Trinajstić information content (AvgIpc) is 3.17. The Balaban J connectivity index is 1.65. The summed E-state index contributed by atoms with van der Waals surface area (Å²) in [6.45, 7) is 5.19. The topological polar surface area (TPSA) is 76.5 Å². The number of allylic oxidation sites excluding steroid dienone is 1. The lowest BCUT2D eigenvalue weighted by molar-refractivity contribution is -0.127. The van der Waals surface area contributed by atoms with Gasteiger partial charge in [-0.05, 0) is 32.3 Å². The number of likely N-dealkylation sites (tertiary alicyclic amines) is 1. The Bertz CT molecular complexity index is 863. The molecule has 1 N–H and O–H groups in total. The summed E-state index contributed by atoms with van der Waals surface area (Å²) in [7, 11) is 1.52. The second kappa shape index (κ2) is 9.52. The molecule has 29 heavy (non-hydrogen) atoms. The first kappa shape index (κ1) is 20.8. The molecule has 0 saturated carbocycles. The lowest BCUT2D eigenvalue weighted by Crippen LogP contribution is -2.38. The summed E-state index contributed by atoms with van der Waals surface area (Å²) in [5, 5.41) is 7.36. The van der Waals surface area contributed by atoms with E-state index in [1.807, 2.05) is 53.8 Å². The Labute approximate surface area is 171 Å². The van der Waals surface area contributed by atoms with Crippen LogP contribution in [0, 0.1) is 0 Å². The molecule has 1 fully saturated rings. The zero-order chi connectivity index (χ0) is 20.8. The zero-order valence-electron chi connectivity index (χ0n) is 17.2. The number of benzene rings is 1. The Morgan fingerprint density at radius 2 is 1.86 bits per heavy atom. The fraction of sp³-hybridized carbons (Fsp3) is 0.409. The third-order valence-corrected chi connectivity index (χ3v) is 5.03. The molecule has 0 aliphatic carbocycles. The van der Waals surface area contributed by atoms with Gasteiger partial charge in [0.1, 0.15) is 5.82 Å². The van der Waals surface area contributed by atoms with Crippen molar-refractivity contribution in [1.29, 1.82) is 0 Å². The Kier molecular flexibility index (Phi) is 6.82. The molecule has 1 aliphatic heterocycles. The van der Waals surface area contributed by atoms with Crippen LogP contribution in [-0.4, -0.2) is 46.7 Å². The number of ether oxygens (including phenoxy) is 1. The number of aromatic nitrogens is 2. The molecule has 3 rings (SSSR count). The van der Waals surface area contributed by atoms with Crippen molar-refractivity contribution in [3.05, 3.63) is 59.8 Å². The van der Waals surface area contributed by atoms with E-state index in [1.54, 1.807) is 18.3 Å². The van der Waals surface area contributed by atoms with Crippen molar-refractivity contribution in [1.82, 2.24) is 14.7 Å². The SMILES string of the molecule is CO[C@H](C(=O)Nc1ccnn1C1CCN(C(=O)C=C(C)C)CC1)c1ccccc1. The maximum atomic E-state index is 12.8. The summed E-state index contributed by atoms with van der Waals surface area (Å²) in [5.41, 5.74) is 1.80. The average molecular weight is 396 g/mol. The van der Waals surface area contributed by atoms with E-state index in [2.05, 4.69) is 10.4 Å². The van der Waals surface area contributed by atoms with E-state index in [-0.39, 0.29) is 17.9 Å². The largest absolute Gasteiger partial charge is 0.367 e. The summed E-state index contributed by atoms with van der Waals surface area (Å²) in [4.78, 5) is 26.9. The van der Waals surface area contributed by atoms with Gasteiger partial charge in [-0.25, -0.2) is 4.68 Å². The molecule has 2 amide bonds.